The lowest BCUT2D eigenvalue weighted by Gasteiger charge is -2.01. The maximum Gasteiger partial charge on any atom is 0.230 e. The third-order valence-corrected chi connectivity index (χ3v) is 3.05. The van der Waals surface area contributed by atoms with E-state index in [1.807, 2.05) is 30.3 Å². The largest absolute Gasteiger partial charge is 0.367 e. The van der Waals surface area contributed by atoms with Gasteiger partial charge in [-0.3, -0.25) is 0 Å². The zero-order valence-corrected chi connectivity index (χ0v) is 10.1. The van der Waals surface area contributed by atoms with E-state index in [9.17, 15) is 8.42 Å². The van der Waals surface area contributed by atoms with Crippen molar-refractivity contribution in [2.45, 2.75) is 5.75 Å². The zero-order chi connectivity index (χ0) is 12.5. The predicted octanol–water partition coefficient (Wildman–Crippen LogP) is 1.47. The zero-order valence-electron chi connectivity index (χ0n) is 9.25. The maximum absolute atomic E-state index is 11.3. The molecule has 2 aromatic rings. The highest BCUT2D eigenvalue weighted by Gasteiger charge is 2.18. The summed E-state index contributed by atoms with van der Waals surface area (Å²) in [6, 6.07) is 9.20. The fourth-order valence-electron chi connectivity index (χ4n) is 1.60. The number of nitrogens with zero attached hydrogens (tertiary/aromatic N) is 1. The van der Waals surface area contributed by atoms with Gasteiger partial charge < -0.3 is 10.3 Å². The Morgan fingerprint density at radius 3 is 2.53 bits per heavy atom. The van der Waals surface area contributed by atoms with Crippen molar-refractivity contribution in [3.05, 3.63) is 36.0 Å². The van der Waals surface area contributed by atoms with E-state index < -0.39 is 9.84 Å². The average Bonchev–Trinajstić information content (AvgIpc) is 2.58. The predicted molar refractivity (Wildman–Crippen MR) is 64.9 cm³/mol. The van der Waals surface area contributed by atoms with Gasteiger partial charge in [-0.15, -0.1) is 0 Å². The summed E-state index contributed by atoms with van der Waals surface area (Å²) in [4.78, 5) is 0. The van der Waals surface area contributed by atoms with Gasteiger partial charge >= 0.3 is 0 Å². The van der Waals surface area contributed by atoms with Crippen LogP contribution in [0.1, 0.15) is 5.69 Å². The molecule has 0 saturated carbocycles. The molecule has 0 unspecified atom stereocenters. The number of hydrogen-bond donors (Lipinski definition) is 1. The van der Waals surface area contributed by atoms with E-state index in [2.05, 4.69) is 5.16 Å². The van der Waals surface area contributed by atoms with Crippen molar-refractivity contribution >= 4 is 15.7 Å². The van der Waals surface area contributed by atoms with Crippen LogP contribution in [0.15, 0.2) is 34.9 Å². The highest BCUT2D eigenvalue weighted by atomic mass is 32.2. The second-order valence-corrected chi connectivity index (χ2v) is 5.94. The molecule has 5 nitrogen and oxygen atoms in total. The summed E-state index contributed by atoms with van der Waals surface area (Å²) >= 11 is 0. The summed E-state index contributed by atoms with van der Waals surface area (Å²) in [5.41, 5.74) is 7.36. The number of hydrogen-bond acceptors (Lipinski definition) is 5. The number of rotatable bonds is 3. The van der Waals surface area contributed by atoms with Gasteiger partial charge in [0.2, 0.25) is 5.88 Å². The standard InChI is InChI=1S/C11H12N2O3S/c1-17(14,15)7-9-10(11(12)16-13-9)8-5-3-2-4-6-8/h2-6H,7,12H2,1H3. The minimum Gasteiger partial charge on any atom is -0.367 e. The number of benzene rings is 1. The lowest BCUT2D eigenvalue weighted by molar-refractivity contribution is 0.430. The van der Waals surface area contributed by atoms with Crippen LogP contribution in [0.25, 0.3) is 11.1 Å². The lowest BCUT2D eigenvalue weighted by Crippen LogP contribution is -2.02. The minimum absolute atomic E-state index is 0.134. The molecule has 0 fully saturated rings. The first-order valence-electron chi connectivity index (χ1n) is 4.94. The van der Waals surface area contributed by atoms with Gasteiger partial charge in [0.25, 0.3) is 0 Å². The highest BCUT2D eigenvalue weighted by molar-refractivity contribution is 7.89. The van der Waals surface area contributed by atoms with E-state index >= 15 is 0 Å². The Hall–Kier alpha value is -1.82. The Kier molecular flexibility index (Phi) is 2.89. The molecule has 0 bridgehead atoms. The van der Waals surface area contributed by atoms with Crippen LogP contribution in [0.3, 0.4) is 0 Å². The molecule has 1 aromatic carbocycles. The molecule has 1 aromatic heterocycles. The number of nitrogen functional groups attached to an aromatic ring is 1. The molecule has 0 saturated heterocycles. The quantitative estimate of drug-likeness (QED) is 0.893. The van der Waals surface area contributed by atoms with Gasteiger partial charge in [-0.2, -0.15) is 0 Å². The molecule has 0 aliphatic heterocycles. The molecule has 0 amide bonds. The third kappa shape index (κ3) is 2.65. The van der Waals surface area contributed by atoms with Crippen LogP contribution in [0, 0.1) is 0 Å². The number of aromatic nitrogens is 1. The van der Waals surface area contributed by atoms with Gasteiger partial charge in [0.15, 0.2) is 9.84 Å². The Balaban J connectivity index is 2.51. The molecule has 2 rings (SSSR count). The number of sulfone groups is 1. The van der Waals surface area contributed by atoms with Crippen LogP contribution in [-0.2, 0) is 15.6 Å². The van der Waals surface area contributed by atoms with Gasteiger partial charge in [0.1, 0.15) is 5.69 Å². The minimum atomic E-state index is -3.17. The van der Waals surface area contributed by atoms with Gasteiger partial charge in [-0.25, -0.2) is 8.42 Å². The Morgan fingerprint density at radius 2 is 1.94 bits per heavy atom. The molecule has 2 N–H and O–H groups in total. The first kappa shape index (κ1) is 11.7. The van der Waals surface area contributed by atoms with Gasteiger partial charge in [-0.1, -0.05) is 35.5 Å². The summed E-state index contributed by atoms with van der Waals surface area (Å²) in [5, 5.41) is 3.70. The fourth-order valence-corrected chi connectivity index (χ4v) is 2.29. The van der Waals surface area contributed by atoms with E-state index in [0.717, 1.165) is 11.8 Å². The smallest absolute Gasteiger partial charge is 0.230 e. The van der Waals surface area contributed by atoms with Crippen LogP contribution in [0.4, 0.5) is 5.88 Å². The maximum atomic E-state index is 11.3. The van der Waals surface area contributed by atoms with Crippen LogP contribution in [0.2, 0.25) is 0 Å². The number of nitrogens with two attached hydrogens (primary N) is 1. The summed E-state index contributed by atoms with van der Waals surface area (Å²) in [7, 11) is -3.17. The van der Waals surface area contributed by atoms with Gasteiger partial charge in [-0.05, 0) is 5.56 Å². The Morgan fingerprint density at radius 1 is 1.29 bits per heavy atom. The first-order valence-corrected chi connectivity index (χ1v) is 7.00. The molecule has 0 radical (unpaired) electrons. The van der Waals surface area contributed by atoms with Crippen LogP contribution >= 0.6 is 0 Å². The van der Waals surface area contributed by atoms with E-state index in [1.54, 1.807) is 0 Å². The van der Waals surface area contributed by atoms with Crippen molar-refractivity contribution in [2.24, 2.45) is 0 Å². The number of anilines is 1. The van der Waals surface area contributed by atoms with E-state index in [-0.39, 0.29) is 11.6 Å². The van der Waals surface area contributed by atoms with Gasteiger partial charge in [0, 0.05) is 6.26 Å². The SMILES string of the molecule is CS(=O)(=O)Cc1noc(N)c1-c1ccccc1. The van der Waals surface area contributed by atoms with E-state index in [1.165, 1.54) is 0 Å². The molecule has 17 heavy (non-hydrogen) atoms. The van der Waals surface area contributed by atoms with Crippen LogP contribution in [-0.4, -0.2) is 19.8 Å². The second kappa shape index (κ2) is 4.21. The van der Waals surface area contributed by atoms with Crippen molar-refractivity contribution in [1.29, 1.82) is 0 Å². The van der Waals surface area contributed by atoms with E-state index in [0.29, 0.717) is 11.3 Å². The fraction of sp³-hybridized carbons (Fsp3) is 0.182. The van der Waals surface area contributed by atoms with Crippen molar-refractivity contribution in [1.82, 2.24) is 5.16 Å². The van der Waals surface area contributed by atoms with Gasteiger partial charge in [0.05, 0.1) is 11.3 Å². The summed E-state index contributed by atoms with van der Waals surface area (Å²) in [5.74, 6) is -0.0485. The molecular weight excluding hydrogens is 240 g/mol. The summed E-state index contributed by atoms with van der Waals surface area (Å²) in [6.45, 7) is 0. The third-order valence-electron chi connectivity index (χ3n) is 2.25. The molecule has 6 heteroatoms. The van der Waals surface area contributed by atoms with Crippen LogP contribution < -0.4 is 5.73 Å². The molecule has 0 aliphatic carbocycles. The summed E-state index contributed by atoms with van der Waals surface area (Å²) in [6.07, 6.45) is 1.15. The highest BCUT2D eigenvalue weighted by Crippen LogP contribution is 2.30. The van der Waals surface area contributed by atoms with Crippen molar-refractivity contribution < 1.29 is 12.9 Å². The molecule has 90 valence electrons. The monoisotopic (exact) mass is 252 g/mol. The molecule has 1 heterocycles. The first-order chi connectivity index (χ1) is 7.97. The average molecular weight is 252 g/mol. The second-order valence-electron chi connectivity index (χ2n) is 3.80. The van der Waals surface area contributed by atoms with Crippen molar-refractivity contribution in [2.75, 3.05) is 12.0 Å². The Bertz CT molecular complexity index is 617. The van der Waals surface area contributed by atoms with Crippen molar-refractivity contribution in [3.8, 4) is 11.1 Å². The van der Waals surface area contributed by atoms with Crippen molar-refractivity contribution in [3.63, 3.8) is 0 Å². The molecular formula is C11H12N2O3S. The van der Waals surface area contributed by atoms with Crippen LogP contribution in [0.5, 0.6) is 0 Å². The molecule has 0 aliphatic rings. The van der Waals surface area contributed by atoms with E-state index in [4.69, 9.17) is 10.3 Å². The topological polar surface area (TPSA) is 86.2 Å². The normalized spacial score (nSPS) is 11.6. The Labute approximate surface area is 99.1 Å². The molecule has 0 atom stereocenters. The molecule has 0 spiro atoms. The summed E-state index contributed by atoms with van der Waals surface area (Å²) < 4.78 is 27.4. The lowest BCUT2D eigenvalue weighted by atomic mass is 10.1.